The fraction of sp³-hybridized carbons (Fsp3) is 0.458. The minimum absolute atomic E-state index is 0.00136. The van der Waals surface area contributed by atoms with E-state index < -0.39 is 6.10 Å². The lowest BCUT2D eigenvalue weighted by atomic mass is 9.83. The van der Waals surface area contributed by atoms with Gasteiger partial charge in [-0.2, -0.15) is 0 Å². The zero-order valence-electron chi connectivity index (χ0n) is 17.4. The lowest BCUT2D eigenvalue weighted by Crippen LogP contribution is -2.40. The van der Waals surface area contributed by atoms with Gasteiger partial charge < -0.3 is 19.9 Å². The minimum Gasteiger partial charge on any atom is -0.491 e. The molecule has 1 saturated carbocycles. The van der Waals surface area contributed by atoms with Crippen LogP contribution >= 0.6 is 23.2 Å². The number of hydrogen-bond acceptors (Lipinski definition) is 4. The van der Waals surface area contributed by atoms with Crippen LogP contribution in [-0.2, 0) is 4.79 Å². The number of amides is 1. The molecule has 0 aromatic heterocycles. The molecule has 2 N–H and O–H groups in total. The highest BCUT2D eigenvalue weighted by molar-refractivity contribution is 6.30. The number of carbonyl (C=O) groups is 1. The van der Waals surface area contributed by atoms with Crippen molar-refractivity contribution in [3.63, 3.8) is 0 Å². The third kappa shape index (κ3) is 8.60. The molecule has 0 radical (unpaired) electrons. The third-order valence-corrected chi connectivity index (χ3v) is 6.06. The Morgan fingerprint density at radius 2 is 1.48 bits per heavy atom. The third-order valence-electron chi connectivity index (χ3n) is 5.56. The largest absolute Gasteiger partial charge is 0.491 e. The SMILES string of the molecule is O=C(COc1ccc(Cl)cc1)NC1CCC(CC[C@H](O)COc2ccc(Cl)cc2)CC1. The predicted octanol–water partition coefficient (Wildman–Crippen LogP) is 5.27. The second-order valence-corrected chi connectivity index (χ2v) is 8.90. The van der Waals surface area contributed by atoms with Crippen molar-refractivity contribution in [2.75, 3.05) is 13.2 Å². The highest BCUT2D eigenvalue weighted by atomic mass is 35.5. The van der Waals surface area contributed by atoms with Gasteiger partial charge in [0.15, 0.2) is 6.61 Å². The van der Waals surface area contributed by atoms with E-state index in [4.69, 9.17) is 32.7 Å². The molecule has 0 heterocycles. The number of carbonyl (C=O) groups excluding carboxylic acids is 1. The van der Waals surface area contributed by atoms with Gasteiger partial charge in [0, 0.05) is 16.1 Å². The first kappa shape index (κ1) is 23.7. The molecule has 5 nitrogen and oxygen atoms in total. The van der Waals surface area contributed by atoms with Crippen LogP contribution in [0.5, 0.6) is 11.5 Å². The number of nitrogens with one attached hydrogen (secondary N) is 1. The topological polar surface area (TPSA) is 67.8 Å². The normalized spacial score (nSPS) is 19.5. The van der Waals surface area contributed by atoms with Crippen molar-refractivity contribution in [3.05, 3.63) is 58.6 Å². The van der Waals surface area contributed by atoms with Crippen molar-refractivity contribution in [3.8, 4) is 11.5 Å². The molecule has 7 heteroatoms. The molecular weight excluding hydrogens is 437 g/mol. The number of aliphatic hydroxyl groups is 1. The van der Waals surface area contributed by atoms with Crippen molar-refractivity contribution in [1.29, 1.82) is 0 Å². The minimum atomic E-state index is -0.488. The molecule has 0 spiro atoms. The van der Waals surface area contributed by atoms with Gasteiger partial charge in [-0.1, -0.05) is 23.2 Å². The molecule has 168 valence electrons. The van der Waals surface area contributed by atoms with E-state index >= 15 is 0 Å². The zero-order valence-corrected chi connectivity index (χ0v) is 18.9. The van der Waals surface area contributed by atoms with E-state index in [1.807, 2.05) is 0 Å². The molecule has 2 aromatic rings. The first-order chi connectivity index (χ1) is 15.0. The Balaban J connectivity index is 1.27. The first-order valence-electron chi connectivity index (χ1n) is 10.7. The summed E-state index contributed by atoms with van der Waals surface area (Å²) in [4.78, 5) is 12.1. The molecule has 1 atom stereocenters. The van der Waals surface area contributed by atoms with Crippen LogP contribution in [0.4, 0.5) is 0 Å². The Hall–Kier alpha value is -1.95. The van der Waals surface area contributed by atoms with Gasteiger partial charge in [-0.15, -0.1) is 0 Å². The van der Waals surface area contributed by atoms with Crippen LogP contribution in [-0.4, -0.2) is 36.4 Å². The highest BCUT2D eigenvalue weighted by Gasteiger charge is 2.23. The van der Waals surface area contributed by atoms with Crippen LogP contribution in [0.3, 0.4) is 0 Å². The van der Waals surface area contributed by atoms with Crippen molar-refractivity contribution < 1.29 is 19.4 Å². The summed E-state index contributed by atoms with van der Waals surface area (Å²) < 4.78 is 11.1. The van der Waals surface area contributed by atoms with Crippen molar-refractivity contribution in [2.45, 2.75) is 50.7 Å². The fourth-order valence-corrected chi connectivity index (χ4v) is 4.03. The van der Waals surface area contributed by atoms with Crippen LogP contribution in [0, 0.1) is 5.92 Å². The summed E-state index contributed by atoms with van der Waals surface area (Å²) >= 11 is 11.7. The Morgan fingerprint density at radius 3 is 2.06 bits per heavy atom. The molecule has 0 bridgehead atoms. The van der Waals surface area contributed by atoms with Crippen LogP contribution in [0.2, 0.25) is 10.0 Å². The standard InChI is InChI=1S/C24H29Cl2NO4/c25-18-4-11-22(12-5-18)30-15-21(28)10-3-17-1-8-20(9-2-17)27-24(29)16-31-23-13-6-19(26)7-14-23/h4-7,11-14,17,20-21,28H,1-3,8-10,15-16H2,(H,27,29)/t17?,20?,21-/m0/s1. The molecule has 1 aliphatic carbocycles. The summed E-state index contributed by atoms with van der Waals surface area (Å²) in [6.45, 7) is 0.280. The molecule has 0 aliphatic heterocycles. The van der Waals surface area contributed by atoms with E-state index in [1.54, 1.807) is 48.5 Å². The molecule has 1 aliphatic rings. The predicted molar refractivity (Wildman–Crippen MR) is 123 cm³/mol. The fourth-order valence-electron chi connectivity index (χ4n) is 3.78. The smallest absolute Gasteiger partial charge is 0.258 e. The maximum absolute atomic E-state index is 12.1. The van der Waals surface area contributed by atoms with Gasteiger partial charge in [-0.3, -0.25) is 4.79 Å². The Kier molecular flexibility index (Phi) is 9.31. The Morgan fingerprint density at radius 1 is 0.935 bits per heavy atom. The van der Waals surface area contributed by atoms with Crippen molar-refractivity contribution in [1.82, 2.24) is 5.32 Å². The quantitative estimate of drug-likeness (QED) is 0.501. The highest BCUT2D eigenvalue weighted by Crippen LogP contribution is 2.28. The summed E-state index contributed by atoms with van der Waals surface area (Å²) in [5.74, 6) is 1.80. The van der Waals surface area contributed by atoms with E-state index in [0.29, 0.717) is 33.9 Å². The lowest BCUT2D eigenvalue weighted by Gasteiger charge is -2.29. The van der Waals surface area contributed by atoms with Gasteiger partial charge in [-0.25, -0.2) is 0 Å². The maximum Gasteiger partial charge on any atom is 0.258 e. The number of rotatable bonds is 10. The summed E-state index contributed by atoms with van der Waals surface area (Å²) in [6, 6.07) is 14.3. The summed E-state index contributed by atoms with van der Waals surface area (Å²) in [7, 11) is 0. The van der Waals surface area contributed by atoms with E-state index in [0.717, 1.165) is 32.1 Å². The van der Waals surface area contributed by atoms with Gasteiger partial charge in [0.25, 0.3) is 5.91 Å². The molecule has 0 saturated heterocycles. The van der Waals surface area contributed by atoms with E-state index in [2.05, 4.69) is 5.32 Å². The van der Waals surface area contributed by atoms with Crippen molar-refractivity contribution >= 4 is 29.1 Å². The van der Waals surface area contributed by atoms with Gasteiger partial charge in [0.2, 0.25) is 0 Å². The van der Waals surface area contributed by atoms with Gasteiger partial charge in [0.1, 0.15) is 18.1 Å². The van der Waals surface area contributed by atoms with E-state index in [-0.39, 0.29) is 25.2 Å². The van der Waals surface area contributed by atoms with Gasteiger partial charge in [-0.05, 0) is 93.0 Å². The van der Waals surface area contributed by atoms with E-state index in [1.165, 1.54) is 0 Å². The molecule has 1 amide bonds. The Bertz CT molecular complexity index is 805. The number of ether oxygens (including phenoxy) is 2. The first-order valence-corrected chi connectivity index (χ1v) is 11.5. The second kappa shape index (κ2) is 12.2. The zero-order chi connectivity index (χ0) is 22.1. The average Bonchev–Trinajstić information content (AvgIpc) is 2.78. The lowest BCUT2D eigenvalue weighted by molar-refractivity contribution is -0.124. The molecular formula is C24H29Cl2NO4. The maximum atomic E-state index is 12.1. The number of hydrogen-bond donors (Lipinski definition) is 2. The monoisotopic (exact) mass is 465 g/mol. The van der Waals surface area contributed by atoms with Crippen LogP contribution in [0.25, 0.3) is 0 Å². The summed E-state index contributed by atoms with van der Waals surface area (Å²) in [5.41, 5.74) is 0. The second-order valence-electron chi connectivity index (χ2n) is 8.02. The summed E-state index contributed by atoms with van der Waals surface area (Å²) in [5, 5.41) is 14.6. The van der Waals surface area contributed by atoms with Crippen LogP contribution in [0.15, 0.2) is 48.5 Å². The number of halogens is 2. The summed E-state index contributed by atoms with van der Waals surface area (Å²) in [6.07, 6.45) is 5.19. The van der Waals surface area contributed by atoms with Crippen molar-refractivity contribution in [2.24, 2.45) is 5.92 Å². The molecule has 31 heavy (non-hydrogen) atoms. The number of aliphatic hydroxyl groups excluding tert-OH is 1. The molecule has 2 aromatic carbocycles. The molecule has 0 unspecified atom stereocenters. The molecule has 3 rings (SSSR count). The average molecular weight is 466 g/mol. The van der Waals surface area contributed by atoms with Crippen LogP contribution in [0.1, 0.15) is 38.5 Å². The molecule has 1 fully saturated rings. The Labute approximate surface area is 193 Å². The number of benzene rings is 2. The van der Waals surface area contributed by atoms with Gasteiger partial charge >= 0.3 is 0 Å². The van der Waals surface area contributed by atoms with E-state index in [9.17, 15) is 9.90 Å². The van der Waals surface area contributed by atoms with Crippen LogP contribution < -0.4 is 14.8 Å². The van der Waals surface area contributed by atoms with Gasteiger partial charge in [0.05, 0.1) is 6.10 Å².